The van der Waals surface area contributed by atoms with Gasteiger partial charge >= 0.3 is 0 Å². The van der Waals surface area contributed by atoms with Crippen molar-refractivity contribution >= 4 is 23.2 Å². The summed E-state index contributed by atoms with van der Waals surface area (Å²) in [5, 5.41) is 0.468. The van der Waals surface area contributed by atoms with Crippen molar-refractivity contribution in [2.75, 3.05) is 23.7 Å². The molecule has 2 N–H and O–H groups in total. The summed E-state index contributed by atoms with van der Waals surface area (Å²) >= 11 is 6.07. The molecular weight excluding hydrogens is 212 g/mol. The van der Waals surface area contributed by atoms with Crippen LogP contribution in [0.3, 0.4) is 0 Å². The third-order valence-corrected chi connectivity index (χ3v) is 3.14. The molecule has 15 heavy (non-hydrogen) atoms. The summed E-state index contributed by atoms with van der Waals surface area (Å²) in [6.45, 7) is 6.42. The summed E-state index contributed by atoms with van der Waals surface area (Å²) in [6, 6.07) is 0. The van der Waals surface area contributed by atoms with Crippen molar-refractivity contribution < 1.29 is 0 Å². The number of nitrogens with two attached hydrogens (primary N) is 1. The molecular formula is C10H15ClN4. The van der Waals surface area contributed by atoms with E-state index >= 15 is 0 Å². The van der Waals surface area contributed by atoms with E-state index in [1.54, 1.807) is 0 Å². The Bertz CT molecular complexity index is 378. The number of nitrogen functional groups attached to an aromatic ring is 1. The standard InChI is InChI=1S/C10H15ClN4/c1-10(2)3-4-15(5-10)9-7(11)8(12)13-6-14-9/h6H,3-5H2,1-2H3,(H2,12,13,14). The smallest absolute Gasteiger partial charge is 0.153 e. The highest BCUT2D eigenvalue weighted by atomic mass is 35.5. The van der Waals surface area contributed by atoms with E-state index in [-0.39, 0.29) is 0 Å². The van der Waals surface area contributed by atoms with Gasteiger partial charge in [-0.05, 0) is 11.8 Å². The van der Waals surface area contributed by atoms with Crippen molar-refractivity contribution in [1.82, 2.24) is 9.97 Å². The van der Waals surface area contributed by atoms with Gasteiger partial charge in [0.05, 0.1) is 0 Å². The molecule has 0 bridgehead atoms. The minimum Gasteiger partial charge on any atom is -0.382 e. The Kier molecular flexibility index (Phi) is 2.46. The van der Waals surface area contributed by atoms with Crippen LogP contribution in [0.2, 0.25) is 5.02 Å². The van der Waals surface area contributed by atoms with Crippen LogP contribution in [0.1, 0.15) is 20.3 Å². The molecule has 1 aromatic rings. The third-order valence-electron chi connectivity index (χ3n) is 2.77. The lowest BCUT2D eigenvalue weighted by Gasteiger charge is -2.21. The van der Waals surface area contributed by atoms with E-state index in [2.05, 4.69) is 28.7 Å². The molecule has 1 fully saturated rings. The fraction of sp³-hybridized carbons (Fsp3) is 0.600. The predicted molar refractivity (Wildman–Crippen MR) is 62.1 cm³/mol. The van der Waals surface area contributed by atoms with Gasteiger partial charge in [-0.2, -0.15) is 0 Å². The number of anilines is 2. The molecule has 0 aromatic carbocycles. The first kappa shape index (κ1) is 10.5. The second-order valence-electron chi connectivity index (χ2n) is 4.73. The molecule has 1 aliphatic heterocycles. The van der Waals surface area contributed by atoms with E-state index in [1.807, 2.05) is 0 Å². The van der Waals surface area contributed by atoms with E-state index < -0.39 is 0 Å². The highest BCUT2D eigenvalue weighted by molar-refractivity contribution is 6.35. The largest absolute Gasteiger partial charge is 0.382 e. The normalized spacial score (nSPS) is 19.5. The monoisotopic (exact) mass is 226 g/mol. The average molecular weight is 227 g/mol. The van der Waals surface area contributed by atoms with Gasteiger partial charge in [-0.1, -0.05) is 25.4 Å². The van der Waals surface area contributed by atoms with Crippen LogP contribution in [0.15, 0.2) is 6.33 Å². The number of aromatic nitrogens is 2. The molecule has 4 nitrogen and oxygen atoms in total. The summed E-state index contributed by atoms with van der Waals surface area (Å²) in [6.07, 6.45) is 2.61. The van der Waals surface area contributed by atoms with Crippen LogP contribution in [0.4, 0.5) is 11.6 Å². The Hall–Kier alpha value is -1.03. The fourth-order valence-electron chi connectivity index (χ4n) is 1.89. The van der Waals surface area contributed by atoms with Crippen LogP contribution in [-0.4, -0.2) is 23.1 Å². The molecule has 0 unspecified atom stereocenters. The molecule has 0 radical (unpaired) electrons. The lowest BCUT2D eigenvalue weighted by Crippen LogP contribution is -2.24. The SMILES string of the molecule is CC1(C)CCN(c2ncnc(N)c2Cl)C1. The predicted octanol–water partition coefficient (Wildman–Crippen LogP) is 1.95. The van der Waals surface area contributed by atoms with Crippen molar-refractivity contribution in [2.24, 2.45) is 5.41 Å². The van der Waals surface area contributed by atoms with Gasteiger partial charge in [-0.15, -0.1) is 0 Å². The highest BCUT2D eigenvalue weighted by Crippen LogP contribution is 2.35. The maximum atomic E-state index is 6.07. The number of hydrogen-bond acceptors (Lipinski definition) is 4. The average Bonchev–Trinajstić information content (AvgIpc) is 2.51. The van der Waals surface area contributed by atoms with Gasteiger partial charge in [-0.3, -0.25) is 0 Å². The maximum absolute atomic E-state index is 6.07. The van der Waals surface area contributed by atoms with Gasteiger partial charge in [0.15, 0.2) is 5.82 Å². The Morgan fingerprint density at radius 3 is 2.80 bits per heavy atom. The Morgan fingerprint density at radius 1 is 1.47 bits per heavy atom. The zero-order valence-corrected chi connectivity index (χ0v) is 9.75. The molecule has 0 amide bonds. The minimum atomic E-state index is 0.322. The molecule has 0 atom stereocenters. The second-order valence-corrected chi connectivity index (χ2v) is 5.11. The van der Waals surface area contributed by atoms with Gasteiger partial charge in [0, 0.05) is 13.1 Å². The molecule has 1 aromatic heterocycles. The molecule has 5 heteroatoms. The lowest BCUT2D eigenvalue weighted by molar-refractivity contribution is 0.418. The van der Waals surface area contributed by atoms with Crippen LogP contribution in [0.25, 0.3) is 0 Å². The third kappa shape index (κ3) is 2.00. The summed E-state index contributed by atoms with van der Waals surface area (Å²) in [7, 11) is 0. The van der Waals surface area contributed by atoms with Gasteiger partial charge < -0.3 is 10.6 Å². The zero-order valence-electron chi connectivity index (χ0n) is 9.00. The van der Waals surface area contributed by atoms with Crippen LogP contribution in [-0.2, 0) is 0 Å². The van der Waals surface area contributed by atoms with Crippen LogP contribution < -0.4 is 10.6 Å². The Labute approximate surface area is 94.5 Å². The molecule has 2 rings (SSSR count). The summed E-state index contributed by atoms with van der Waals surface area (Å²) < 4.78 is 0. The maximum Gasteiger partial charge on any atom is 0.153 e. The highest BCUT2D eigenvalue weighted by Gasteiger charge is 2.31. The van der Waals surface area contributed by atoms with E-state index in [1.165, 1.54) is 6.33 Å². The van der Waals surface area contributed by atoms with Gasteiger partial charge in [0.1, 0.15) is 17.2 Å². The van der Waals surface area contributed by atoms with Crippen molar-refractivity contribution in [3.8, 4) is 0 Å². The molecule has 1 aliphatic rings. The molecule has 82 valence electrons. The van der Waals surface area contributed by atoms with Gasteiger partial charge in [0.2, 0.25) is 0 Å². The second kappa shape index (κ2) is 3.52. The van der Waals surface area contributed by atoms with Crippen molar-refractivity contribution in [3.63, 3.8) is 0 Å². The minimum absolute atomic E-state index is 0.322. The quantitative estimate of drug-likeness (QED) is 0.795. The van der Waals surface area contributed by atoms with Crippen LogP contribution in [0.5, 0.6) is 0 Å². The molecule has 0 aliphatic carbocycles. The summed E-state index contributed by atoms with van der Waals surface area (Å²) in [4.78, 5) is 10.2. The summed E-state index contributed by atoms with van der Waals surface area (Å²) in [5.74, 6) is 1.11. The summed E-state index contributed by atoms with van der Waals surface area (Å²) in [5.41, 5.74) is 5.97. The Morgan fingerprint density at radius 2 is 2.20 bits per heavy atom. The van der Waals surface area contributed by atoms with Gasteiger partial charge in [0.25, 0.3) is 0 Å². The first-order valence-corrected chi connectivity index (χ1v) is 5.38. The van der Waals surface area contributed by atoms with E-state index in [9.17, 15) is 0 Å². The van der Waals surface area contributed by atoms with Crippen molar-refractivity contribution in [3.05, 3.63) is 11.3 Å². The Balaban J connectivity index is 2.28. The number of halogens is 1. The van der Waals surface area contributed by atoms with Crippen molar-refractivity contribution in [1.29, 1.82) is 0 Å². The topological polar surface area (TPSA) is 55.0 Å². The van der Waals surface area contributed by atoms with Crippen LogP contribution >= 0.6 is 11.6 Å². The zero-order chi connectivity index (χ0) is 11.1. The van der Waals surface area contributed by atoms with E-state index in [0.29, 0.717) is 16.3 Å². The molecule has 0 spiro atoms. The molecule has 1 saturated heterocycles. The lowest BCUT2D eigenvalue weighted by atomic mass is 9.93. The number of rotatable bonds is 1. The number of nitrogens with zero attached hydrogens (tertiary/aromatic N) is 3. The van der Waals surface area contributed by atoms with E-state index in [4.69, 9.17) is 17.3 Å². The van der Waals surface area contributed by atoms with Gasteiger partial charge in [-0.25, -0.2) is 9.97 Å². The van der Waals surface area contributed by atoms with Crippen LogP contribution in [0, 0.1) is 5.41 Å². The first-order valence-electron chi connectivity index (χ1n) is 5.00. The molecule has 0 saturated carbocycles. The van der Waals surface area contributed by atoms with E-state index in [0.717, 1.165) is 25.3 Å². The first-order chi connectivity index (χ1) is 6.99. The fourth-order valence-corrected chi connectivity index (χ4v) is 2.10. The molecule has 2 heterocycles. The number of hydrogen-bond donors (Lipinski definition) is 1. The van der Waals surface area contributed by atoms with Crippen molar-refractivity contribution in [2.45, 2.75) is 20.3 Å².